The Hall–Kier alpha value is -2.14. The zero-order valence-electron chi connectivity index (χ0n) is 13.5. The average Bonchev–Trinajstić information content (AvgIpc) is 2.60. The van der Waals surface area contributed by atoms with E-state index in [0.29, 0.717) is 16.6 Å². The molecule has 0 saturated carbocycles. The number of carbonyl (C=O) groups is 2. The molecule has 4 nitrogen and oxygen atoms in total. The van der Waals surface area contributed by atoms with Gasteiger partial charge >= 0.3 is 0 Å². The monoisotopic (exact) mass is 386 g/mol. The first-order valence-electron chi connectivity index (χ1n) is 8.02. The topological polar surface area (TPSA) is 49.4 Å². The second kappa shape index (κ2) is 7.18. The normalized spacial score (nSPS) is 14.7. The van der Waals surface area contributed by atoms with Crippen LogP contribution in [0.5, 0.6) is 0 Å². The molecule has 1 heterocycles. The molecule has 24 heavy (non-hydrogen) atoms. The van der Waals surface area contributed by atoms with Gasteiger partial charge in [0.2, 0.25) is 5.91 Å². The Labute approximate surface area is 150 Å². The first kappa shape index (κ1) is 16.7. The van der Waals surface area contributed by atoms with Crippen molar-refractivity contribution in [2.24, 2.45) is 0 Å². The zero-order valence-corrected chi connectivity index (χ0v) is 15.0. The third-order valence-corrected chi connectivity index (χ3v) is 4.90. The highest BCUT2D eigenvalue weighted by Crippen LogP contribution is 2.27. The summed E-state index contributed by atoms with van der Waals surface area (Å²) in [5.74, 6) is -0.337. The number of nitrogens with one attached hydrogen (secondary N) is 1. The standard InChI is InChI=1S/C19H19BrN2O2/c1-13(21-18(23)15-9-3-4-10-16(15)20)19(24)22-12-6-8-14-7-2-5-11-17(14)22/h2-5,7,9-11,13H,6,8,12H2,1H3,(H,21,23). The van der Waals surface area contributed by atoms with Crippen LogP contribution < -0.4 is 10.2 Å². The van der Waals surface area contributed by atoms with Crippen molar-refractivity contribution in [2.75, 3.05) is 11.4 Å². The van der Waals surface area contributed by atoms with Crippen LogP contribution in [-0.4, -0.2) is 24.4 Å². The van der Waals surface area contributed by atoms with Crippen molar-refractivity contribution < 1.29 is 9.59 Å². The molecule has 0 aliphatic carbocycles. The van der Waals surface area contributed by atoms with Crippen molar-refractivity contribution in [3.63, 3.8) is 0 Å². The van der Waals surface area contributed by atoms with Gasteiger partial charge in [0.25, 0.3) is 5.91 Å². The summed E-state index contributed by atoms with van der Waals surface area (Å²) in [7, 11) is 0. The smallest absolute Gasteiger partial charge is 0.253 e. The number of hydrogen-bond donors (Lipinski definition) is 1. The quantitative estimate of drug-likeness (QED) is 0.876. The lowest BCUT2D eigenvalue weighted by Gasteiger charge is -2.31. The molecular formula is C19H19BrN2O2. The molecule has 124 valence electrons. The highest BCUT2D eigenvalue weighted by atomic mass is 79.9. The lowest BCUT2D eigenvalue weighted by Crippen LogP contribution is -2.48. The third-order valence-electron chi connectivity index (χ3n) is 4.21. The lowest BCUT2D eigenvalue weighted by molar-refractivity contribution is -0.120. The largest absolute Gasteiger partial charge is 0.340 e. The summed E-state index contributed by atoms with van der Waals surface area (Å²) in [6.45, 7) is 2.42. The van der Waals surface area contributed by atoms with E-state index in [9.17, 15) is 9.59 Å². The Balaban J connectivity index is 1.74. The van der Waals surface area contributed by atoms with Gasteiger partial charge in [0, 0.05) is 16.7 Å². The molecule has 1 aliphatic heterocycles. The highest BCUT2D eigenvalue weighted by Gasteiger charge is 2.27. The first-order valence-corrected chi connectivity index (χ1v) is 8.82. The number of halogens is 1. The van der Waals surface area contributed by atoms with Crippen LogP contribution in [0.2, 0.25) is 0 Å². The molecule has 2 aromatic carbocycles. The van der Waals surface area contributed by atoms with Crippen molar-refractivity contribution in [1.29, 1.82) is 0 Å². The van der Waals surface area contributed by atoms with E-state index < -0.39 is 6.04 Å². The van der Waals surface area contributed by atoms with E-state index in [2.05, 4.69) is 27.3 Å². The van der Waals surface area contributed by atoms with Crippen LogP contribution in [0.25, 0.3) is 0 Å². The molecule has 1 aliphatic rings. The molecular weight excluding hydrogens is 368 g/mol. The van der Waals surface area contributed by atoms with Gasteiger partial charge in [-0.3, -0.25) is 9.59 Å². The van der Waals surface area contributed by atoms with Crippen LogP contribution in [0.1, 0.15) is 29.3 Å². The molecule has 0 radical (unpaired) electrons. The molecule has 0 aromatic heterocycles. The molecule has 1 unspecified atom stereocenters. The van der Waals surface area contributed by atoms with Crippen molar-refractivity contribution in [2.45, 2.75) is 25.8 Å². The minimum absolute atomic E-state index is 0.0810. The van der Waals surface area contributed by atoms with Gasteiger partial charge in [-0.15, -0.1) is 0 Å². The number of para-hydroxylation sites is 1. The lowest BCUT2D eigenvalue weighted by atomic mass is 10.0. The zero-order chi connectivity index (χ0) is 17.1. The van der Waals surface area contributed by atoms with Crippen LogP contribution in [0, 0.1) is 0 Å². The number of amides is 2. The number of rotatable bonds is 3. The van der Waals surface area contributed by atoms with E-state index in [4.69, 9.17) is 0 Å². The Kier molecular flexibility index (Phi) is 5.00. The second-order valence-corrected chi connectivity index (χ2v) is 6.75. The number of anilines is 1. The predicted molar refractivity (Wildman–Crippen MR) is 98.2 cm³/mol. The summed E-state index contributed by atoms with van der Waals surface area (Å²) in [5, 5.41) is 2.80. The van der Waals surface area contributed by atoms with Crippen LogP contribution in [0.15, 0.2) is 53.0 Å². The molecule has 1 atom stereocenters. The molecule has 2 aromatic rings. The van der Waals surface area contributed by atoms with Gasteiger partial charge < -0.3 is 10.2 Å². The summed E-state index contributed by atoms with van der Waals surface area (Å²) in [6.07, 6.45) is 1.92. The van der Waals surface area contributed by atoms with Gasteiger partial charge in [0.05, 0.1) is 5.56 Å². The number of nitrogens with zero attached hydrogens (tertiary/aromatic N) is 1. The number of hydrogen-bond acceptors (Lipinski definition) is 2. The van der Waals surface area contributed by atoms with E-state index >= 15 is 0 Å². The first-order chi connectivity index (χ1) is 11.6. The summed E-state index contributed by atoms with van der Waals surface area (Å²) in [4.78, 5) is 27.0. The minimum Gasteiger partial charge on any atom is -0.340 e. The van der Waals surface area contributed by atoms with E-state index in [1.807, 2.05) is 30.3 Å². The van der Waals surface area contributed by atoms with Gasteiger partial charge in [-0.25, -0.2) is 0 Å². The molecule has 3 rings (SSSR count). The molecule has 0 bridgehead atoms. The van der Waals surface area contributed by atoms with E-state index in [0.717, 1.165) is 18.5 Å². The molecule has 2 amide bonds. The highest BCUT2D eigenvalue weighted by molar-refractivity contribution is 9.10. The molecule has 0 fully saturated rings. The van der Waals surface area contributed by atoms with Crippen LogP contribution in [0.4, 0.5) is 5.69 Å². The van der Waals surface area contributed by atoms with Crippen LogP contribution in [0.3, 0.4) is 0 Å². The predicted octanol–water partition coefficient (Wildman–Crippen LogP) is 3.55. The fourth-order valence-electron chi connectivity index (χ4n) is 2.98. The minimum atomic E-state index is -0.587. The molecule has 1 N–H and O–H groups in total. The van der Waals surface area contributed by atoms with E-state index in [1.54, 1.807) is 24.0 Å². The van der Waals surface area contributed by atoms with Crippen LogP contribution >= 0.6 is 15.9 Å². The number of fused-ring (bicyclic) bond motifs is 1. The maximum Gasteiger partial charge on any atom is 0.253 e. The van der Waals surface area contributed by atoms with Crippen molar-refractivity contribution >= 4 is 33.4 Å². The molecule has 0 spiro atoms. The van der Waals surface area contributed by atoms with Gasteiger partial charge in [-0.05, 0) is 59.5 Å². The SMILES string of the molecule is CC(NC(=O)c1ccccc1Br)C(=O)N1CCCc2ccccc21. The molecule has 0 saturated heterocycles. The van der Waals surface area contributed by atoms with Gasteiger partial charge in [0.15, 0.2) is 0 Å². The number of aryl methyl sites for hydroxylation is 1. The maximum absolute atomic E-state index is 12.8. The van der Waals surface area contributed by atoms with Gasteiger partial charge in [-0.2, -0.15) is 0 Å². The summed E-state index contributed by atoms with van der Waals surface area (Å²) in [5.41, 5.74) is 2.66. The Morgan fingerprint density at radius 2 is 1.83 bits per heavy atom. The van der Waals surface area contributed by atoms with Crippen LogP contribution in [-0.2, 0) is 11.2 Å². The van der Waals surface area contributed by atoms with Gasteiger partial charge in [0.1, 0.15) is 6.04 Å². The second-order valence-electron chi connectivity index (χ2n) is 5.90. The number of benzene rings is 2. The Morgan fingerprint density at radius 3 is 2.62 bits per heavy atom. The fraction of sp³-hybridized carbons (Fsp3) is 0.263. The summed E-state index contributed by atoms with van der Waals surface area (Å²) >= 11 is 3.37. The molecule has 5 heteroatoms. The Bertz CT molecular complexity index is 775. The summed E-state index contributed by atoms with van der Waals surface area (Å²) in [6, 6.07) is 14.5. The summed E-state index contributed by atoms with van der Waals surface area (Å²) < 4.78 is 0.713. The van der Waals surface area contributed by atoms with Gasteiger partial charge in [-0.1, -0.05) is 30.3 Å². The third kappa shape index (κ3) is 3.36. The average molecular weight is 387 g/mol. The van der Waals surface area contributed by atoms with Crippen molar-refractivity contribution in [3.8, 4) is 0 Å². The van der Waals surface area contributed by atoms with E-state index in [-0.39, 0.29) is 11.8 Å². The van der Waals surface area contributed by atoms with E-state index in [1.165, 1.54) is 5.56 Å². The Morgan fingerprint density at radius 1 is 1.12 bits per heavy atom. The number of carbonyl (C=O) groups excluding carboxylic acids is 2. The van der Waals surface area contributed by atoms with Crippen molar-refractivity contribution in [1.82, 2.24) is 5.32 Å². The fourth-order valence-corrected chi connectivity index (χ4v) is 3.44. The maximum atomic E-state index is 12.8. The van der Waals surface area contributed by atoms with Crippen molar-refractivity contribution in [3.05, 3.63) is 64.1 Å².